The first-order valence-corrected chi connectivity index (χ1v) is 8.62. The van der Waals surface area contributed by atoms with Crippen molar-refractivity contribution in [3.8, 4) is 5.95 Å². The molecule has 1 fully saturated rings. The van der Waals surface area contributed by atoms with Gasteiger partial charge in [0.2, 0.25) is 5.91 Å². The first-order valence-electron chi connectivity index (χ1n) is 8.62. The number of hydrogen-bond donors (Lipinski definition) is 1. The smallest absolute Gasteiger partial charge is 0.287 e. The molecule has 7 nitrogen and oxygen atoms in total. The van der Waals surface area contributed by atoms with Crippen molar-refractivity contribution in [1.82, 2.24) is 24.7 Å². The zero-order chi connectivity index (χ0) is 19.3. The minimum absolute atomic E-state index is 0.0210. The van der Waals surface area contributed by atoms with E-state index < -0.39 is 11.8 Å². The Hall–Kier alpha value is -2.97. The molecule has 0 unspecified atom stereocenters. The fraction of sp³-hybridized carbons (Fsp3) is 0.389. The Labute approximate surface area is 153 Å². The number of fused-ring (bicyclic) bond motifs is 1. The maximum atomic E-state index is 13.8. The summed E-state index contributed by atoms with van der Waals surface area (Å²) in [5, 5.41) is 5.40. The molecule has 1 aliphatic rings. The van der Waals surface area contributed by atoms with Crippen LogP contribution >= 0.6 is 0 Å². The van der Waals surface area contributed by atoms with E-state index in [0.717, 1.165) is 30.8 Å². The number of carbonyl (C=O) groups excluding carboxylic acids is 1. The zero-order valence-corrected chi connectivity index (χ0v) is 14.9. The van der Waals surface area contributed by atoms with Gasteiger partial charge in [-0.2, -0.15) is 18.6 Å². The van der Waals surface area contributed by atoms with Crippen LogP contribution in [0.5, 0.6) is 0 Å². The molecule has 3 aromatic rings. The van der Waals surface area contributed by atoms with Gasteiger partial charge in [0, 0.05) is 30.1 Å². The summed E-state index contributed by atoms with van der Waals surface area (Å²) in [4.78, 5) is 23.9. The van der Waals surface area contributed by atoms with Crippen LogP contribution in [-0.2, 0) is 17.1 Å². The highest BCUT2D eigenvalue weighted by Crippen LogP contribution is 2.42. The van der Waals surface area contributed by atoms with Crippen molar-refractivity contribution >= 4 is 16.8 Å². The van der Waals surface area contributed by atoms with E-state index >= 15 is 0 Å². The van der Waals surface area contributed by atoms with E-state index in [4.69, 9.17) is 5.73 Å². The normalized spacial score (nSPS) is 14.7. The van der Waals surface area contributed by atoms with Crippen molar-refractivity contribution < 1.29 is 13.6 Å². The van der Waals surface area contributed by atoms with E-state index in [-0.39, 0.29) is 18.1 Å². The fourth-order valence-electron chi connectivity index (χ4n) is 3.03. The van der Waals surface area contributed by atoms with Gasteiger partial charge in [0.15, 0.2) is 0 Å². The van der Waals surface area contributed by atoms with E-state index in [9.17, 15) is 13.6 Å². The lowest BCUT2D eigenvalue weighted by Gasteiger charge is -2.12. The van der Waals surface area contributed by atoms with Crippen LogP contribution in [0.15, 0.2) is 18.3 Å². The quantitative estimate of drug-likeness (QED) is 0.742. The van der Waals surface area contributed by atoms with Gasteiger partial charge in [-0.05, 0) is 31.9 Å². The van der Waals surface area contributed by atoms with E-state index in [2.05, 4.69) is 20.1 Å². The highest BCUT2D eigenvalue weighted by molar-refractivity contribution is 5.85. The Morgan fingerprint density at radius 3 is 2.70 bits per heavy atom. The third-order valence-corrected chi connectivity index (χ3v) is 4.45. The molecule has 27 heavy (non-hydrogen) atoms. The summed E-state index contributed by atoms with van der Waals surface area (Å²) in [6.07, 6.45) is 3.66. The number of nitrogens with zero attached hydrogens (tertiary/aromatic N) is 5. The third-order valence-electron chi connectivity index (χ3n) is 4.45. The number of alkyl halides is 2. The van der Waals surface area contributed by atoms with Gasteiger partial charge in [-0.1, -0.05) is 0 Å². The van der Waals surface area contributed by atoms with E-state index in [1.807, 2.05) is 0 Å². The summed E-state index contributed by atoms with van der Waals surface area (Å²) < 4.78 is 29.1. The van der Waals surface area contributed by atoms with Crippen LogP contribution in [0.25, 0.3) is 16.9 Å². The number of rotatable bonds is 5. The molecule has 1 amide bonds. The topological polar surface area (TPSA) is 99.6 Å². The third kappa shape index (κ3) is 3.36. The van der Waals surface area contributed by atoms with Crippen LogP contribution in [0.3, 0.4) is 0 Å². The van der Waals surface area contributed by atoms with Gasteiger partial charge in [0.25, 0.3) is 11.9 Å². The van der Waals surface area contributed by atoms with Gasteiger partial charge in [0.1, 0.15) is 5.69 Å². The number of carbonyl (C=O) groups is 1. The highest BCUT2D eigenvalue weighted by atomic mass is 19.3. The Morgan fingerprint density at radius 1 is 1.33 bits per heavy atom. The number of amides is 1. The van der Waals surface area contributed by atoms with Crippen LogP contribution in [0.1, 0.15) is 48.5 Å². The Kier molecular flexibility index (Phi) is 3.90. The van der Waals surface area contributed by atoms with Crippen molar-refractivity contribution in [2.45, 2.75) is 45.0 Å². The second-order valence-electron chi connectivity index (χ2n) is 6.99. The molecule has 0 aromatic carbocycles. The summed E-state index contributed by atoms with van der Waals surface area (Å²) >= 11 is 0. The second-order valence-corrected chi connectivity index (χ2v) is 6.99. The molecule has 1 saturated carbocycles. The van der Waals surface area contributed by atoms with E-state index in [1.54, 1.807) is 19.2 Å². The standard InChI is InChI=1S/C18H18F2N6O/c1-9-5-14(18(2,19)20)24-17(23-9)26-13-6-11(7-15(21)27)22-8-12(13)16(25-26)10-3-4-10/h5-6,8,10H,3-4,7H2,1-2H3,(H2,21,27). The lowest BCUT2D eigenvalue weighted by atomic mass is 10.1. The number of aryl methyl sites for hydroxylation is 1. The maximum absolute atomic E-state index is 13.8. The molecule has 0 saturated heterocycles. The maximum Gasteiger partial charge on any atom is 0.287 e. The van der Waals surface area contributed by atoms with Gasteiger partial charge < -0.3 is 5.73 Å². The predicted molar refractivity (Wildman–Crippen MR) is 93.6 cm³/mol. The van der Waals surface area contributed by atoms with Crippen LogP contribution in [0.2, 0.25) is 0 Å². The summed E-state index contributed by atoms with van der Waals surface area (Å²) in [5.74, 6) is -3.22. The Balaban J connectivity index is 1.93. The lowest BCUT2D eigenvalue weighted by molar-refractivity contribution is -0.117. The molecule has 2 N–H and O–H groups in total. The summed E-state index contributed by atoms with van der Waals surface area (Å²) in [6.45, 7) is 2.43. The van der Waals surface area contributed by atoms with Crippen molar-refractivity contribution in [3.63, 3.8) is 0 Å². The molecule has 140 valence electrons. The zero-order valence-electron chi connectivity index (χ0n) is 14.9. The van der Waals surface area contributed by atoms with Gasteiger partial charge in [-0.15, -0.1) is 0 Å². The minimum atomic E-state index is -3.09. The molecule has 9 heteroatoms. The number of primary amides is 1. The van der Waals surface area contributed by atoms with Crippen LogP contribution in [-0.4, -0.2) is 30.6 Å². The highest BCUT2D eigenvalue weighted by Gasteiger charge is 2.31. The molecule has 0 bridgehead atoms. The summed E-state index contributed by atoms with van der Waals surface area (Å²) in [7, 11) is 0. The number of hydrogen-bond acceptors (Lipinski definition) is 5. The molecule has 1 aliphatic carbocycles. The monoisotopic (exact) mass is 372 g/mol. The number of nitrogens with two attached hydrogens (primary N) is 1. The van der Waals surface area contributed by atoms with Crippen molar-refractivity contribution in [2.24, 2.45) is 5.73 Å². The molecule has 4 rings (SSSR count). The lowest BCUT2D eigenvalue weighted by Crippen LogP contribution is -2.15. The number of halogens is 2. The average Bonchev–Trinajstić information content (AvgIpc) is 3.34. The molecular formula is C18H18F2N6O. The van der Waals surface area contributed by atoms with Crippen molar-refractivity contribution in [2.75, 3.05) is 0 Å². The predicted octanol–water partition coefficient (Wildman–Crippen LogP) is 2.54. The number of pyridine rings is 1. The molecule has 3 heterocycles. The minimum Gasteiger partial charge on any atom is -0.369 e. The van der Waals surface area contributed by atoms with E-state index in [1.165, 1.54) is 10.7 Å². The fourth-order valence-corrected chi connectivity index (χ4v) is 3.03. The molecule has 0 radical (unpaired) electrons. The van der Waals surface area contributed by atoms with Crippen LogP contribution in [0, 0.1) is 6.92 Å². The molecule has 0 aliphatic heterocycles. The van der Waals surface area contributed by atoms with Crippen LogP contribution < -0.4 is 5.73 Å². The van der Waals surface area contributed by atoms with Crippen molar-refractivity contribution in [3.05, 3.63) is 41.1 Å². The Morgan fingerprint density at radius 2 is 2.07 bits per heavy atom. The van der Waals surface area contributed by atoms with Gasteiger partial charge in [-0.3, -0.25) is 9.78 Å². The molecule has 0 atom stereocenters. The van der Waals surface area contributed by atoms with E-state index in [0.29, 0.717) is 22.8 Å². The van der Waals surface area contributed by atoms with Crippen LogP contribution in [0.4, 0.5) is 8.78 Å². The first-order chi connectivity index (χ1) is 12.7. The molecule has 0 spiro atoms. The summed E-state index contributed by atoms with van der Waals surface area (Å²) in [5.41, 5.74) is 7.26. The Bertz CT molecular complexity index is 1050. The number of aromatic nitrogens is 5. The molecule has 3 aromatic heterocycles. The average molecular weight is 372 g/mol. The largest absolute Gasteiger partial charge is 0.369 e. The molecular weight excluding hydrogens is 354 g/mol. The van der Waals surface area contributed by atoms with Gasteiger partial charge in [0.05, 0.1) is 23.3 Å². The summed E-state index contributed by atoms with van der Waals surface area (Å²) in [6, 6.07) is 2.95. The first kappa shape index (κ1) is 17.4. The second kappa shape index (κ2) is 6.04. The van der Waals surface area contributed by atoms with Crippen molar-refractivity contribution in [1.29, 1.82) is 0 Å². The SMILES string of the molecule is Cc1cc(C(C)(F)F)nc(-n2nc(C3CC3)c3cnc(CC(N)=O)cc32)n1. The van der Waals surface area contributed by atoms with Gasteiger partial charge in [-0.25, -0.2) is 9.97 Å². The van der Waals surface area contributed by atoms with Gasteiger partial charge >= 0.3 is 0 Å².